The first-order valence-electron chi connectivity index (χ1n) is 15.2. The Morgan fingerprint density at radius 2 is 1.50 bits per heavy atom. The van der Waals surface area contributed by atoms with E-state index in [2.05, 4.69) is 31.4 Å². The highest BCUT2D eigenvalue weighted by molar-refractivity contribution is 5.92. The standard InChI is InChI=1S/C34H51N3O5/c1-9-13-24(4)35-31(39)30(27-14-11-10-12-15-27)37(25(5)17-16-23(2)3)32(40)29(36-33(41)42-34(6,7)8)22-26-18-20-28(38)21-19-26/h10-12,14-15,18-21,23-25,29-30,38H,9,13,16-17,22H2,1-8H3,(H,35,39)(H,36,41). The fourth-order valence-electron chi connectivity index (χ4n) is 4.91. The molecule has 0 aromatic heterocycles. The number of phenols is 1. The summed E-state index contributed by atoms with van der Waals surface area (Å²) in [5.41, 5.74) is 0.681. The summed E-state index contributed by atoms with van der Waals surface area (Å²) in [5, 5.41) is 15.7. The molecule has 8 nitrogen and oxygen atoms in total. The number of hydrogen-bond acceptors (Lipinski definition) is 5. The van der Waals surface area contributed by atoms with Crippen LogP contribution in [0.1, 0.15) is 98.2 Å². The van der Waals surface area contributed by atoms with Gasteiger partial charge in [0.15, 0.2) is 0 Å². The van der Waals surface area contributed by atoms with Crippen LogP contribution in [0.25, 0.3) is 0 Å². The second-order valence-electron chi connectivity index (χ2n) is 12.6. The van der Waals surface area contributed by atoms with E-state index >= 15 is 0 Å². The van der Waals surface area contributed by atoms with Gasteiger partial charge in [0.05, 0.1) is 0 Å². The summed E-state index contributed by atoms with van der Waals surface area (Å²) in [5.74, 6) is -0.122. The Balaban J connectivity index is 2.61. The number of ether oxygens (including phenoxy) is 1. The number of carbonyl (C=O) groups is 3. The summed E-state index contributed by atoms with van der Waals surface area (Å²) in [6.07, 6.45) is 2.71. The smallest absolute Gasteiger partial charge is 0.408 e. The molecule has 0 heterocycles. The lowest BCUT2D eigenvalue weighted by molar-refractivity contribution is -0.145. The maximum atomic E-state index is 14.7. The molecule has 4 unspecified atom stereocenters. The summed E-state index contributed by atoms with van der Waals surface area (Å²) in [6, 6.07) is 13.6. The van der Waals surface area contributed by atoms with Gasteiger partial charge in [-0.1, -0.05) is 69.7 Å². The number of benzene rings is 2. The second-order valence-corrected chi connectivity index (χ2v) is 12.6. The number of phenolic OH excluding ortho intramolecular Hbond substituents is 1. The van der Waals surface area contributed by atoms with Gasteiger partial charge in [-0.05, 0) is 83.1 Å². The molecule has 0 spiro atoms. The zero-order valence-corrected chi connectivity index (χ0v) is 26.6. The predicted octanol–water partition coefficient (Wildman–Crippen LogP) is 6.53. The topological polar surface area (TPSA) is 108 Å². The Morgan fingerprint density at radius 3 is 2.05 bits per heavy atom. The molecule has 0 saturated carbocycles. The first kappa shape index (κ1) is 34.7. The van der Waals surface area contributed by atoms with E-state index < -0.39 is 23.8 Å². The average molecular weight is 582 g/mol. The molecule has 2 aromatic rings. The van der Waals surface area contributed by atoms with Gasteiger partial charge in [0.25, 0.3) is 0 Å². The van der Waals surface area contributed by atoms with Gasteiger partial charge in [-0.15, -0.1) is 0 Å². The minimum absolute atomic E-state index is 0.0654. The van der Waals surface area contributed by atoms with E-state index in [1.54, 1.807) is 49.9 Å². The van der Waals surface area contributed by atoms with E-state index in [1.165, 1.54) is 0 Å². The van der Waals surface area contributed by atoms with Crippen molar-refractivity contribution < 1.29 is 24.2 Å². The summed E-state index contributed by atoms with van der Waals surface area (Å²) in [6.45, 7) is 15.5. The number of nitrogens with zero attached hydrogens (tertiary/aromatic N) is 1. The Hall–Kier alpha value is -3.55. The van der Waals surface area contributed by atoms with Gasteiger partial charge in [-0.25, -0.2) is 4.79 Å². The largest absolute Gasteiger partial charge is 0.508 e. The number of carbonyl (C=O) groups excluding carboxylic acids is 3. The van der Waals surface area contributed by atoms with E-state index in [0.717, 1.165) is 24.8 Å². The highest BCUT2D eigenvalue weighted by Crippen LogP contribution is 2.28. The summed E-state index contributed by atoms with van der Waals surface area (Å²) in [4.78, 5) is 43.3. The van der Waals surface area contributed by atoms with E-state index in [0.29, 0.717) is 17.9 Å². The Labute approximate surface area is 252 Å². The molecule has 232 valence electrons. The van der Waals surface area contributed by atoms with Crippen LogP contribution in [0.4, 0.5) is 4.79 Å². The monoisotopic (exact) mass is 581 g/mol. The van der Waals surface area contributed by atoms with E-state index in [1.807, 2.05) is 44.2 Å². The zero-order valence-electron chi connectivity index (χ0n) is 26.6. The van der Waals surface area contributed by atoms with Crippen molar-refractivity contribution in [3.63, 3.8) is 0 Å². The zero-order chi connectivity index (χ0) is 31.4. The van der Waals surface area contributed by atoms with Crippen LogP contribution in [-0.4, -0.2) is 51.6 Å². The molecule has 2 rings (SSSR count). The highest BCUT2D eigenvalue weighted by atomic mass is 16.6. The number of aromatic hydroxyl groups is 1. The SMILES string of the molecule is CCCC(C)NC(=O)C(c1ccccc1)N(C(=O)C(Cc1ccc(O)cc1)NC(=O)OC(C)(C)C)C(C)CCC(C)C. The lowest BCUT2D eigenvalue weighted by Crippen LogP contribution is -2.56. The fraction of sp³-hybridized carbons (Fsp3) is 0.559. The van der Waals surface area contributed by atoms with E-state index in [-0.39, 0.29) is 36.1 Å². The van der Waals surface area contributed by atoms with Crippen molar-refractivity contribution in [2.45, 2.75) is 117 Å². The lowest BCUT2D eigenvalue weighted by Gasteiger charge is -2.39. The first-order chi connectivity index (χ1) is 19.7. The molecule has 0 saturated heterocycles. The van der Waals surface area contributed by atoms with Gasteiger partial charge in [0.2, 0.25) is 11.8 Å². The average Bonchev–Trinajstić information content (AvgIpc) is 2.90. The summed E-state index contributed by atoms with van der Waals surface area (Å²) < 4.78 is 5.53. The maximum Gasteiger partial charge on any atom is 0.408 e. The highest BCUT2D eigenvalue weighted by Gasteiger charge is 2.39. The number of alkyl carbamates (subject to hydrolysis) is 1. The number of nitrogens with one attached hydrogen (secondary N) is 2. The Bertz CT molecular complexity index is 1130. The van der Waals surface area contributed by atoms with Crippen molar-refractivity contribution in [3.8, 4) is 5.75 Å². The minimum atomic E-state index is -1.02. The third-order valence-electron chi connectivity index (χ3n) is 7.01. The van der Waals surface area contributed by atoms with E-state index in [4.69, 9.17) is 4.74 Å². The molecule has 0 aliphatic rings. The molecule has 0 bridgehead atoms. The van der Waals surface area contributed by atoms with Crippen LogP contribution >= 0.6 is 0 Å². The van der Waals surface area contributed by atoms with Gasteiger partial charge in [0.1, 0.15) is 23.4 Å². The molecule has 8 heteroatoms. The van der Waals surface area contributed by atoms with Crippen LogP contribution in [0.3, 0.4) is 0 Å². The van der Waals surface area contributed by atoms with Crippen LogP contribution in [0, 0.1) is 5.92 Å². The van der Waals surface area contributed by atoms with Crippen molar-refractivity contribution in [2.75, 3.05) is 0 Å². The van der Waals surface area contributed by atoms with Gasteiger partial charge >= 0.3 is 6.09 Å². The van der Waals surface area contributed by atoms with Gasteiger partial charge < -0.3 is 25.4 Å². The number of hydrogen-bond donors (Lipinski definition) is 3. The summed E-state index contributed by atoms with van der Waals surface area (Å²) >= 11 is 0. The molecule has 0 aliphatic carbocycles. The summed E-state index contributed by atoms with van der Waals surface area (Å²) in [7, 11) is 0. The van der Waals surface area contributed by atoms with Crippen LogP contribution in [0.2, 0.25) is 0 Å². The molecular weight excluding hydrogens is 530 g/mol. The van der Waals surface area contributed by atoms with Crippen molar-refractivity contribution in [1.82, 2.24) is 15.5 Å². The van der Waals surface area contributed by atoms with Crippen molar-refractivity contribution in [1.29, 1.82) is 0 Å². The van der Waals surface area contributed by atoms with Gasteiger partial charge in [-0.3, -0.25) is 9.59 Å². The van der Waals surface area contributed by atoms with Crippen LogP contribution in [-0.2, 0) is 20.7 Å². The molecular formula is C34H51N3O5. The lowest BCUT2D eigenvalue weighted by atomic mass is 9.95. The quantitative estimate of drug-likeness (QED) is 0.235. The van der Waals surface area contributed by atoms with Crippen LogP contribution < -0.4 is 10.6 Å². The molecule has 3 amide bonds. The molecule has 0 radical (unpaired) electrons. The number of rotatable bonds is 14. The Kier molecular flexibility index (Phi) is 13.4. The van der Waals surface area contributed by atoms with Crippen molar-refractivity contribution in [2.24, 2.45) is 5.92 Å². The molecule has 0 fully saturated rings. The van der Waals surface area contributed by atoms with E-state index in [9.17, 15) is 19.5 Å². The van der Waals surface area contributed by atoms with Crippen molar-refractivity contribution in [3.05, 3.63) is 65.7 Å². The van der Waals surface area contributed by atoms with Gasteiger partial charge in [-0.2, -0.15) is 0 Å². The second kappa shape index (κ2) is 16.2. The van der Waals surface area contributed by atoms with Gasteiger partial charge in [0, 0.05) is 18.5 Å². The Morgan fingerprint density at radius 1 is 0.881 bits per heavy atom. The first-order valence-corrected chi connectivity index (χ1v) is 15.2. The minimum Gasteiger partial charge on any atom is -0.508 e. The van der Waals surface area contributed by atoms with Crippen LogP contribution in [0.15, 0.2) is 54.6 Å². The molecule has 0 aliphatic heterocycles. The molecule has 42 heavy (non-hydrogen) atoms. The van der Waals surface area contributed by atoms with Crippen molar-refractivity contribution >= 4 is 17.9 Å². The normalized spacial score (nSPS) is 14.4. The fourth-order valence-corrected chi connectivity index (χ4v) is 4.91. The molecule has 4 atom stereocenters. The third kappa shape index (κ3) is 11.4. The molecule has 3 N–H and O–H groups in total. The third-order valence-corrected chi connectivity index (χ3v) is 7.01. The van der Waals surface area contributed by atoms with Crippen LogP contribution in [0.5, 0.6) is 5.75 Å². The number of amides is 3. The predicted molar refractivity (Wildman–Crippen MR) is 167 cm³/mol. The maximum absolute atomic E-state index is 14.7. The molecule has 2 aromatic carbocycles.